The molecule has 2 heteroatoms. The third-order valence-corrected chi connectivity index (χ3v) is 3.93. The van der Waals surface area contributed by atoms with Crippen LogP contribution in [0.15, 0.2) is 42.5 Å². The average molecular weight is 227 g/mol. The lowest BCUT2D eigenvalue weighted by Crippen LogP contribution is -2.32. The van der Waals surface area contributed by atoms with Crippen molar-refractivity contribution in [3.8, 4) is 0 Å². The fraction of sp³-hybridized carbons (Fsp3) is 0.400. The number of hydrogen-bond donors (Lipinski definition) is 1. The average Bonchev–Trinajstić information content (AvgIpc) is 2.99. The molecule has 0 heterocycles. The predicted molar refractivity (Wildman–Crippen MR) is 67.1 cm³/mol. The lowest BCUT2D eigenvalue weighted by molar-refractivity contribution is -0.125. The molecule has 0 aromatic heterocycles. The summed E-state index contributed by atoms with van der Waals surface area (Å²) < 4.78 is 0. The number of nitrogens with one attached hydrogen (secondary N) is 1. The first-order valence-corrected chi connectivity index (χ1v) is 6.33. The zero-order valence-electron chi connectivity index (χ0n) is 9.80. The van der Waals surface area contributed by atoms with Crippen LogP contribution in [0.25, 0.3) is 0 Å². The zero-order valence-corrected chi connectivity index (χ0v) is 9.80. The Labute approximate surface area is 102 Å². The fourth-order valence-electron chi connectivity index (χ4n) is 3.00. The monoisotopic (exact) mass is 227 g/mol. The highest BCUT2D eigenvalue weighted by Crippen LogP contribution is 2.43. The van der Waals surface area contributed by atoms with Crippen molar-refractivity contribution in [3.05, 3.63) is 48.0 Å². The highest BCUT2D eigenvalue weighted by molar-refractivity contribution is 5.79. The Bertz CT molecular complexity index is 437. The minimum Gasteiger partial charge on any atom is -0.352 e. The van der Waals surface area contributed by atoms with E-state index in [1.807, 2.05) is 30.3 Å². The molecule has 1 aromatic carbocycles. The number of rotatable bonds is 3. The van der Waals surface area contributed by atoms with Crippen molar-refractivity contribution in [1.29, 1.82) is 0 Å². The molecule has 1 amide bonds. The normalized spacial score (nSPS) is 29.5. The second kappa shape index (κ2) is 4.36. The van der Waals surface area contributed by atoms with Gasteiger partial charge in [0.1, 0.15) is 0 Å². The molecular formula is C15H17NO. The van der Waals surface area contributed by atoms with Crippen LogP contribution in [-0.4, -0.2) is 5.91 Å². The molecule has 2 aliphatic carbocycles. The van der Waals surface area contributed by atoms with Crippen molar-refractivity contribution in [3.63, 3.8) is 0 Å². The van der Waals surface area contributed by atoms with E-state index in [4.69, 9.17) is 0 Å². The van der Waals surface area contributed by atoms with Gasteiger partial charge in [-0.3, -0.25) is 4.79 Å². The molecule has 0 spiro atoms. The van der Waals surface area contributed by atoms with E-state index in [1.165, 1.54) is 12.0 Å². The van der Waals surface area contributed by atoms with E-state index in [-0.39, 0.29) is 11.8 Å². The van der Waals surface area contributed by atoms with Crippen LogP contribution in [-0.2, 0) is 11.3 Å². The molecule has 1 fully saturated rings. The van der Waals surface area contributed by atoms with E-state index in [0.29, 0.717) is 18.4 Å². The summed E-state index contributed by atoms with van der Waals surface area (Å²) in [7, 11) is 0. The molecule has 0 unspecified atom stereocenters. The van der Waals surface area contributed by atoms with E-state index >= 15 is 0 Å². The summed E-state index contributed by atoms with van der Waals surface area (Å²) in [6.07, 6.45) is 6.72. The second-order valence-electron chi connectivity index (χ2n) is 5.09. The van der Waals surface area contributed by atoms with Crippen molar-refractivity contribution in [2.75, 3.05) is 0 Å². The summed E-state index contributed by atoms with van der Waals surface area (Å²) in [4.78, 5) is 12.1. The quantitative estimate of drug-likeness (QED) is 0.790. The van der Waals surface area contributed by atoms with Gasteiger partial charge in [-0.15, -0.1) is 0 Å². The summed E-state index contributed by atoms with van der Waals surface area (Å²) in [5.74, 6) is 1.60. The molecule has 1 saturated carbocycles. The molecule has 2 bridgehead atoms. The topological polar surface area (TPSA) is 29.1 Å². The maximum Gasteiger partial charge on any atom is 0.223 e. The lowest BCUT2D eigenvalue weighted by atomic mass is 9.93. The van der Waals surface area contributed by atoms with Crippen LogP contribution in [0.1, 0.15) is 18.4 Å². The second-order valence-corrected chi connectivity index (χ2v) is 5.09. The standard InChI is InChI=1S/C15H17NO/c17-15(14-9-12-6-7-13(14)8-12)16-10-11-4-2-1-3-5-11/h1-7,12-14H,8-10H2,(H,16,17)/t12-,13+,14-/m0/s1. The number of fused-ring (bicyclic) bond motifs is 2. The molecule has 3 atom stereocenters. The largest absolute Gasteiger partial charge is 0.352 e. The molecule has 3 rings (SSSR count). The van der Waals surface area contributed by atoms with Gasteiger partial charge in [0.25, 0.3) is 0 Å². The third kappa shape index (κ3) is 2.12. The number of carbonyl (C=O) groups is 1. The van der Waals surface area contributed by atoms with Crippen molar-refractivity contribution in [2.24, 2.45) is 17.8 Å². The van der Waals surface area contributed by atoms with E-state index in [1.54, 1.807) is 0 Å². The first-order chi connectivity index (χ1) is 8.33. The predicted octanol–water partition coefficient (Wildman–Crippen LogP) is 2.52. The van der Waals surface area contributed by atoms with Crippen molar-refractivity contribution in [1.82, 2.24) is 5.32 Å². The Hall–Kier alpha value is -1.57. The number of amides is 1. The van der Waals surface area contributed by atoms with E-state index < -0.39 is 0 Å². The molecule has 88 valence electrons. The van der Waals surface area contributed by atoms with Gasteiger partial charge < -0.3 is 5.32 Å². The first kappa shape index (κ1) is 10.6. The highest BCUT2D eigenvalue weighted by Gasteiger charge is 2.39. The first-order valence-electron chi connectivity index (χ1n) is 6.33. The fourth-order valence-corrected chi connectivity index (χ4v) is 3.00. The lowest BCUT2D eigenvalue weighted by Gasteiger charge is -2.17. The summed E-state index contributed by atoms with van der Waals surface area (Å²) >= 11 is 0. The van der Waals surface area contributed by atoms with Gasteiger partial charge >= 0.3 is 0 Å². The van der Waals surface area contributed by atoms with E-state index in [0.717, 1.165) is 6.42 Å². The van der Waals surface area contributed by atoms with Gasteiger partial charge in [-0.25, -0.2) is 0 Å². The summed E-state index contributed by atoms with van der Waals surface area (Å²) in [6.45, 7) is 0.650. The Morgan fingerprint density at radius 3 is 2.65 bits per heavy atom. The zero-order chi connectivity index (χ0) is 11.7. The van der Waals surface area contributed by atoms with Crippen molar-refractivity contribution in [2.45, 2.75) is 19.4 Å². The molecular weight excluding hydrogens is 210 g/mol. The van der Waals surface area contributed by atoms with Gasteiger partial charge in [0.15, 0.2) is 0 Å². The van der Waals surface area contributed by atoms with Gasteiger partial charge in [-0.1, -0.05) is 42.5 Å². The Balaban J connectivity index is 1.56. The van der Waals surface area contributed by atoms with Crippen molar-refractivity contribution >= 4 is 5.91 Å². The third-order valence-electron chi connectivity index (χ3n) is 3.93. The maximum atomic E-state index is 12.1. The van der Waals surface area contributed by atoms with Gasteiger partial charge in [0.2, 0.25) is 5.91 Å². The number of hydrogen-bond acceptors (Lipinski definition) is 1. The van der Waals surface area contributed by atoms with Gasteiger partial charge in [0.05, 0.1) is 0 Å². The minimum atomic E-state index is 0.216. The molecule has 1 N–H and O–H groups in total. The minimum absolute atomic E-state index is 0.216. The number of allylic oxidation sites excluding steroid dienone is 2. The Morgan fingerprint density at radius 2 is 2.00 bits per heavy atom. The SMILES string of the molecule is O=C(NCc1ccccc1)[C@H]1C[C@H]2C=C[C@@H]1C2. The van der Waals surface area contributed by atoms with Crippen LogP contribution in [0.4, 0.5) is 0 Å². The smallest absolute Gasteiger partial charge is 0.223 e. The van der Waals surface area contributed by atoms with Crippen LogP contribution in [0.2, 0.25) is 0 Å². The molecule has 2 aliphatic rings. The molecule has 17 heavy (non-hydrogen) atoms. The van der Waals surface area contributed by atoms with Gasteiger partial charge in [0, 0.05) is 12.5 Å². The highest BCUT2D eigenvalue weighted by atomic mass is 16.1. The molecule has 0 saturated heterocycles. The van der Waals surface area contributed by atoms with Crippen LogP contribution in [0, 0.1) is 17.8 Å². The van der Waals surface area contributed by atoms with Crippen LogP contribution < -0.4 is 5.32 Å². The molecule has 2 nitrogen and oxygen atoms in total. The van der Waals surface area contributed by atoms with Gasteiger partial charge in [-0.2, -0.15) is 0 Å². The molecule has 0 radical (unpaired) electrons. The number of benzene rings is 1. The Morgan fingerprint density at radius 1 is 1.18 bits per heavy atom. The van der Waals surface area contributed by atoms with Crippen LogP contribution in [0.3, 0.4) is 0 Å². The van der Waals surface area contributed by atoms with Crippen LogP contribution >= 0.6 is 0 Å². The summed E-state index contributed by atoms with van der Waals surface area (Å²) in [5, 5.41) is 3.05. The number of carbonyl (C=O) groups excluding carboxylic acids is 1. The Kier molecular flexibility index (Phi) is 2.71. The van der Waals surface area contributed by atoms with Gasteiger partial charge in [-0.05, 0) is 30.2 Å². The summed E-state index contributed by atoms with van der Waals surface area (Å²) in [5.41, 5.74) is 1.17. The van der Waals surface area contributed by atoms with Crippen molar-refractivity contribution < 1.29 is 4.79 Å². The molecule has 0 aliphatic heterocycles. The van der Waals surface area contributed by atoms with Crippen LogP contribution in [0.5, 0.6) is 0 Å². The van der Waals surface area contributed by atoms with E-state index in [9.17, 15) is 4.79 Å². The summed E-state index contributed by atoms with van der Waals surface area (Å²) in [6, 6.07) is 10.1. The molecule has 1 aromatic rings. The maximum absolute atomic E-state index is 12.1. The van der Waals surface area contributed by atoms with E-state index in [2.05, 4.69) is 17.5 Å².